The summed E-state index contributed by atoms with van der Waals surface area (Å²) in [6, 6.07) is 6.48. The van der Waals surface area contributed by atoms with E-state index in [1.54, 1.807) is 0 Å². The monoisotopic (exact) mass is 289 g/mol. The number of rotatable bonds is 3. The topological polar surface area (TPSA) is 105 Å². The van der Waals surface area contributed by atoms with Crippen LogP contribution < -0.4 is 11.1 Å². The number of aromatic nitrogens is 1. The first-order valence-corrected chi connectivity index (χ1v) is 5.96. The van der Waals surface area contributed by atoms with E-state index in [1.807, 2.05) is 0 Å². The zero-order valence-electron chi connectivity index (χ0n) is 11.1. The fraction of sp³-hybridized carbons (Fsp3) is 0.0714. The molecule has 0 aliphatic rings. The number of pyridine rings is 1. The maximum atomic E-state index is 13.9. The van der Waals surface area contributed by atoms with E-state index in [1.165, 1.54) is 31.3 Å². The van der Waals surface area contributed by atoms with E-state index in [0.29, 0.717) is 0 Å². The second kappa shape index (κ2) is 5.58. The summed E-state index contributed by atoms with van der Waals surface area (Å²) in [7, 11) is 1.45. The van der Waals surface area contributed by atoms with Gasteiger partial charge >= 0.3 is 5.97 Å². The van der Waals surface area contributed by atoms with Gasteiger partial charge in [0, 0.05) is 18.2 Å². The first-order chi connectivity index (χ1) is 9.93. The molecule has 0 radical (unpaired) electrons. The van der Waals surface area contributed by atoms with Crippen LogP contribution in [0.1, 0.15) is 20.8 Å². The number of benzene rings is 1. The molecular weight excluding hydrogens is 277 g/mol. The Morgan fingerprint density at radius 3 is 2.62 bits per heavy atom. The van der Waals surface area contributed by atoms with Gasteiger partial charge in [0.1, 0.15) is 5.82 Å². The van der Waals surface area contributed by atoms with Crippen LogP contribution in [0, 0.1) is 5.82 Å². The third kappa shape index (κ3) is 2.81. The molecule has 0 unspecified atom stereocenters. The summed E-state index contributed by atoms with van der Waals surface area (Å²) < 4.78 is 13.9. The standard InChI is InChI=1S/C14H12FN3O3/c1-17-13(19)7-2-3-9(15)8(6-7)11-5-4-10(16)12(18-11)14(20)21/h2-6H,16H2,1H3,(H,17,19)(H,20,21). The van der Waals surface area contributed by atoms with Gasteiger partial charge in [-0.05, 0) is 30.3 Å². The molecule has 0 bridgehead atoms. The summed E-state index contributed by atoms with van der Waals surface area (Å²) in [4.78, 5) is 26.4. The molecule has 1 amide bonds. The molecular formula is C14H12FN3O3. The second-order valence-electron chi connectivity index (χ2n) is 4.21. The fourth-order valence-corrected chi connectivity index (χ4v) is 1.80. The van der Waals surface area contributed by atoms with Crippen molar-refractivity contribution in [3.63, 3.8) is 0 Å². The number of nitrogens with one attached hydrogen (secondary N) is 1. The van der Waals surface area contributed by atoms with Gasteiger partial charge in [0.25, 0.3) is 5.91 Å². The normalized spacial score (nSPS) is 10.2. The Labute approximate surface area is 119 Å². The summed E-state index contributed by atoms with van der Waals surface area (Å²) in [6.45, 7) is 0. The quantitative estimate of drug-likeness (QED) is 0.794. The maximum absolute atomic E-state index is 13.9. The van der Waals surface area contributed by atoms with E-state index in [9.17, 15) is 14.0 Å². The molecule has 1 aromatic heterocycles. The highest BCUT2D eigenvalue weighted by atomic mass is 19.1. The summed E-state index contributed by atoms with van der Waals surface area (Å²) in [5, 5.41) is 11.4. The Kier molecular flexibility index (Phi) is 3.84. The van der Waals surface area contributed by atoms with Gasteiger partial charge in [-0.1, -0.05) is 0 Å². The van der Waals surface area contributed by atoms with Crippen LogP contribution in [0.5, 0.6) is 0 Å². The Bertz CT molecular complexity index is 731. The molecule has 2 rings (SSSR count). The predicted molar refractivity (Wildman–Crippen MR) is 74.4 cm³/mol. The largest absolute Gasteiger partial charge is 0.476 e. The van der Waals surface area contributed by atoms with E-state index < -0.39 is 11.8 Å². The van der Waals surface area contributed by atoms with E-state index in [0.717, 1.165) is 6.07 Å². The number of anilines is 1. The Morgan fingerprint density at radius 1 is 1.29 bits per heavy atom. The van der Waals surface area contributed by atoms with E-state index >= 15 is 0 Å². The van der Waals surface area contributed by atoms with Crippen molar-refractivity contribution < 1.29 is 19.1 Å². The molecule has 6 nitrogen and oxygen atoms in total. The first-order valence-electron chi connectivity index (χ1n) is 5.96. The lowest BCUT2D eigenvalue weighted by Gasteiger charge is -2.08. The number of carbonyl (C=O) groups is 2. The van der Waals surface area contributed by atoms with Crippen LogP contribution in [0.15, 0.2) is 30.3 Å². The average Bonchev–Trinajstić information content (AvgIpc) is 2.47. The van der Waals surface area contributed by atoms with Crippen molar-refractivity contribution in [1.29, 1.82) is 0 Å². The van der Waals surface area contributed by atoms with Gasteiger partial charge in [-0.15, -0.1) is 0 Å². The van der Waals surface area contributed by atoms with Crippen molar-refractivity contribution >= 4 is 17.6 Å². The lowest BCUT2D eigenvalue weighted by Crippen LogP contribution is -2.17. The van der Waals surface area contributed by atoms with E-state index in [4.69, 9.17) is 10.8 Å². The molecule has 4 N–H and O–H groups in total. The lowest BCUT2D eigenvalue weighted by atomic mass is 10.1. The first kappa shape index (κ1) is 14.4. The van der Waals surface area contributed by atoms with E-state index in [-0.39, 0.29) is 34.1 Å². The fourth-order valence-electron chi connectivity index (χ4n) is 1.80. The van der Waals surface area contributed by atoms with Gasteiger partial charge in [0.2, 0.25) is 0 Å². The Hall–Kier alpha value is -2.96. The van der Waals surface area contributed by atoms with Crippen molar-refractivity contribution in [2.45, 2.75) is 0 Å². The minimum Gasteiger partial charge on any atom is -0.476 e. The number of aromatic carboxylic acids is 1. The number of hydrogen-bond acceptors (Lipinski definition) is 4. The van der Waals surface area contributed by atoms with Crippen LogP contribution in [0.2, 0.25) is 0 Å². The molecule has 1 heterocycles. The molecule has 0 saturated carbocycles. The predicted octanol–water partition coefficient (Wildman–Crippen LogP) is 1.53. The van der Waals surface area contributed by atoms with Crippen molar-refractivity contribution in [3.05, 3.63) is 47.4 Å². The number of carboxylic acid groups (broad SMARTS) is 1. The summed E-state index contributed by atoms with van der Waals surface area (Å²) in [6.07, 6.45) is 0. The summed E-state index contributed by atoms with van der Waals surface area (Å²) >= 11 is 0. The Balaban J connectivity index is 2.58. The third-order valence-electron chi connectivity index (χ3n) is 2.86. The van der Waals surface area contributed by atoms with Crippen molar-refractivity contribution in [1.82, 2.24) is 10.3 Å². The molecule has 0 atom stereocenters. The number of carbonyl (C=O) groups excluding carboxylic acids is 1. The molecule has 0 spiro atoms. The van der Waals surface area contributed by atoms with Gasteiger partial charge < -0.3 is 16.2 Å². The highest BCUT2D eigenvalue weighted by molar-refractivity contribution is 5.95. The minimum atomic E-state index is -1.31. The SMILES string of the molecule is CNC(=O)c1ccc(F)c(-c2ccc(N)c(C(=O)O)n2)c1. The third-order valence-corrected chi connectivity index (χ3v) is 2.86. The van der Waals surface area contributed by atoms with Gasteiger partial charge in [0.15, 0.2) is 5.69 Å². The molecule has 1 aromatic carbocycles. The molecule has 0 saturated heterocycles. The van der Waals surface area contributed by atoms with Crippen LogP contribution in [0.4, 0.5) is 10.1 Å². The summed E-state index contributed by atoms with van der Waals surface area (Å²) in [5.41, 5.74) is 5.48. The van der Waals surface area contributed by atoms with Crippen molar-refractivity contribution in [2.24, 2.45) is 0 Å². The number of nitrogens with zero attached hydrogens (tertiary/aromatic N) is 1. The van der Waals surface area contributed by atoms with Crippen LogP contribution in [0.25, 0.3) is 11.3 Å². The van der Waals surface area contributed by atoms with Gasteiger partial charge in [-0.25, -0.2) is 14.2 Å². The van der Waals surface area contributed by atoms with E-state index in [2.05, 4.69) is 10.3 Å². The number of carboxylic acids is 1. The van der Waals surface area contributed by atoms with Gasteiger partial charge in [0.05, 0.1) is 11.4 Å². The molecule has 0 fully saturated rings. The molecule has 0 aliphatic carbocycles. The number of nitrogen functional groups attached to an aromatic ring is 1. The van der Waals surface area contributed by atoms with Gasteiger partial charge in [-0.3, -0.25) is 4.79 Å². The molecule has 0 aliphatic heterocycles. The number of amides is 1. The molecule has 21 heavy (non-hydrogen) atoms. The number of hydrogen-bond donors (Lipinski definition) is 3. The van der Waals surface area contributed by atoms with Crippen LogP contribution in [-0.4, -0.2) is 29.0 Å². The second-order valence-corrected chi connectivity index (χ2v) is 4.21. The van der Waals surface area contributed by atoms with Crippen molar-refractivity contribution in [3.8, 4) is 11.3 Å². The summed E-state index contributed by atoms with van der Waals surface area (Å²) in [5.74, 6) is -2.31. The maximum Gasteiger partial charge on any atom is 0.356 e. The lowest BCUT2D eigenvalue weighted by molar-refractivity contribution is 0.0691. The average molecular weight is 289 g/mol. The molecule has 7 heteroatoms. The molecule has 108 valence electrons. The smallest absolute Gasteiger partial charge is 0.356 e. The van der Waals surface area contributed by atoms with Crippen LogP contribution >= 0.6 is 0 Å². The zero-order valence-corrected chi connectivity index (χ0v) is 11.1. The minimum absolute atomic E-state index is 0.0193. The zero-order chi connectivity index (χ0) is 15.6. The molecule has 2 aromatic rings. The Morgan fingerprint density at radius 2 is 2.00 bits per heavy atom. The van der Waals surface area contributed by atoms with Crippen LogP contribution in [-0.2, 0) is 0 Å². The highest BCUT2D eigenvalue weighted by Crippen LogP contribution is 2.24. The van der Waals surface area contributed by atoms with Crippen LogP contribution in [0.3, 0.4) is 0 Å². The van der Waals surface area contributed by atoms with Crippen molar-refractivity contribution in [2.75, 3.05) is 12.8 Å². The highest BCUT2D eigenvalue weighted by Gasteiger charge is 2.15. The van der Waals surface area contributed by atoms with Gasteiger partial charge in [-0.2, -0.15) is 0 Å². The number of nitrogens with two attached hydrogens (primary N) is 1. The number of halogens is 1.